The van der Waals surface area contributed by atoms with Crippen LogP contribution in [0.15, 0.2) is 18.2 Å². The Morgan fingerprint density at radius 3 is 2.56 bits per heavy atom. The van der Waals surface area contributed by atoms with E-state index in [2.05, 4.69) is 0 Å². The first-order chi connectivity index (χ1) is 8.14. The summed E-state index contributed by atoms with van der Waals surface area (Å²) in [5.41, 5.74) is 7.57. The number of phenolic OH excluding ortho intramolecular Hbond substituents is 1. The van der Waals surface area contributed by atoms with Crippen molar-refractivity contribution in [3.8, 4) is 5.75 Å². The van der Waals surface area contributed by atoms with Crippen molar-refractivity contribution in [3.63, 3.8) is 0 Å². The molecule has 0 saturated heterocycles. The average molecular weight is 269 g/mol. The maximum atomic E-state index is 11.8. The highest BCUT2D eigenvalue weighted by Gasteiger charge is 2.44. The summed E-state index contributed by atoms with van der Waals surface area (Å²) in [5.74, 6) is 0.187. The van der Waals surface area contributed by atoms with E-state index in [0.717, 1.165) is 11.1 Å². The van der Waals surface area contributed by atoms with E-state index in [4.69, 9.17) is 5.73 Å². The van der Waals surface area contributed by atoms with Crippen molar-refractivity contribution < 1.29 is 13.5 Å². The van der Waals surface area contributed by atoms with Crippen LogP contribution in [0, 0.1) is 0 Å². The van der Waals surface area contributed by atoms with E-state index in [-0.39, 0.29) is 5.75 Å². The van der Waals surface area contributed by atoms with Crippen molar-refractivity contribution in [1.82, 2.24) is 0 Å². The van der Waals surface area contributed by atoms with Crippen LogP contribution in [0.2, 0.25) is 0 Å². The second-order valence-electron chi connectivity index (χ2n) is 5.66. The minimum absolute atomic E-state index is 0.187. The van der Waals surface area contributed by atoms with Gasteiger partial charge in [-0.15, -0.1) is 0 Å². The normalized spacial score (nSPS) is 26.7. The molecule has 1 aliphatic carbocycles. The first-order valence-electron chi connectivity index (χ1n) is 5.91. The van der Waals surface area contributed by atoms with Crippen LogP contribution in [-0.2, 0) is 21.7 Å². The molecule has 18 heavy (non-hydrogen) atoms. The van der Waals surface area contributed by atoms with Gasteiger partial charge in [-0.25, -0.2) is 8.42 Å². The molecule has 4 nitrogen and oxygen atoms in total. The molecular formula is C13H19NO3S. The van der Waals surface area contributed by atoms with Crippen LogP contribution in [0.3, 0.4) is 0 Å². The molecule has 0 heterocycles. The molecule has 0 radical (unpaired) electrons. The number of benzene rings is 1. The zero-order valence-electron chi connectivity index (χ0n) is 10.8. The van der Waals surface area contributed by atoms with Gasteiger partial charge in [-0.05, 0) is 29.7 Å². The van der Waals surface area contributed by atoms with Crippen LogP contribution < -0.4 is 5.73 Å². The third-order valence-electron chi connectivity index (χ3n) is 3.99. The number of hydrogen-bond donors (Lipinski definition) is 2. The number of rotatable bonds is 1. The zero-order chi connectivity index (χ0) is 13.7. The Morgan fingerprint density at radius 1 is 1.39 bits per heavy atom. The van der Waals surface area contributed by atoms with Gasteiger partial charge in [-0.2, -0.15) is 0 Å². The van der Waals surface area contributed by atoms with E-state index in [1.807, 2.05) is 13.8 Å². The smallest absolute Gasteiger partial charge is 0.152 e. The van der Waals surface area contributed by atoms with Gasteiger partial charge in [0.25, 0.3) is 0 Å². The minimum atomic E-state index is -3.19. The predicted octanol–water partition coefficient (Wildman–Crippen LogP) is 0.966. The molecule has 0 unspecified atom stereocenters. The van der Waals surface area contributed by atoms with Gasteiger partial charge in [-0.3, -0.25) is 0 Å². The predicted molar refractivity (Wildman–Crippen MR) is 71.4 cm³/mol. The highest BCUT2D eigenvalue weighted by atomic mass is 32.2. The summed E-state index contributed by atoms with van der Waals surface area (Å²) in [4.78, 5) is 0. The summed E-state index contributed by atoms with van der Waals surface area (Å²) in [5, 5.41) is 9.01. The van der Waals surface area contributed by atoms with Crippen LogP contribution in [0.1, 0.15) is 25.0 Å². The molecule has 0 bridgehead atoms. The van der Waals surface area contributed by atoms with Gasteiger partial charge >= 0.3 is 0 Å². The van der Waals surface area contributed by atoms with Crippen molar-refractivity contribution in [2.45, 2.75) is 37.0 Å². The Balaban J connectivity index is 2.60. The Morgan fingerprint density at radius 2 is 2.00 bits per heavy atom. The Bertz CT molecular complexity index is 578. The molecule has 1 aromatic rings. The van der Waals surface area contributed by atoms with Crippen molar-refractivity contribution in [2.24, 2.45) is 5.73 Å². The molecule has 1 aromatic carbocycles. The van der Waals surface area contributed by atoms with Gasteiger partial charge in [-0.1, -0.05) is 19.9 Å². The zero-order valence-corrected chi connectivity index (χ0v) is 11.7. The van der Waals surface area contributed by atoms with Crippen molar-refractivity contribution in [3.05, 3.63) is 29.3 Å². The number of phenols is 1. The summed E-state index contributed by atoms with van der Waals surface area (Å²) in [6.07, 6.45) is 1.65. The number of hydrogen-bond acceptors (Lipinski definition) is 4. The fraction of sp³-hybridized carbons (Fsp3) is 0.538. The Labute approximate surface area is 108 Å². The second-order valence-corrected chi connectivity index (χ2v) is 7.93. The van der Waals surface area contributed by atoms with Crippen LogP contribution in [-0.4, -0.2) is 31.1 Å². The molecule has 1 aliphatic rings. The summed E-state index contributed by atoms with van der Waals surface area (Å²) in [7, 11) is -3.19. The van der Waals surface area contributed by atoms with Crippen LogP contribution in [0.25, 0.3) is 0 Å². The quantitative estimate of drug-likeness (QED) is 0.796. The molecule has 2 atom stereocenters. The summed E-state index contributed by atoms with van der Waals surface area (Å²) in [6.45, 7) is 3.85. The van der Waals surface area contributed by atoms with Gasteiger partial charge in [0.2, 0.25) is 0 Å². The molecular weight excluding hydrogens is 250 g/mol. The summed E-state index contributed by atoms with van der Waals surface area (Å²) >= 11 is 0. The third kappa shape index (κ3) is 2.01. The maximum absolute atomic E-state index is 11.8. The minimum Gasteiger partial charge on any atom is -0.508 e. The van der Waals surface area contributed by atoms with E-state index in [1.165, 1.54) is 6.26 Å². The molecule has 0 saturated carbocycles. The van der Waals surface area contributed by atoms with Gasteiger partial charge in [0, 0.05) is 17.7 Å². The topological polar surface area (TPSA) is 80.4 Å². The van der Waals surface area contributed by atoms with E-state index in [1.54, 1.807) is 18.2 Å². The number of fused-ring (bicyclic) bond motifs is 1. The van der Waals surface area contributed by atoms with Crippen molar-refractivity contribution in [2.75, 3.05) is 6.26 Å². The number of aromatic hydroxyl groups is 1. The highest BCUT2D eigenvalue weighted by molar-refractivity contribution is 7.91. The lowest BCUT2D eigenvalue weighted by atomic mass is 9.69. The Hall–Kier alpha value is -1.07. The largest absolute Gasteiger partial charge is 0.508 e. The van der Waals surface area contributed by atoms with Gasteiger partial charge < -0.3 is 10.8 Å². The van der Waals surface area contributed by atoms with Crippen LogP contribution in [0.5, 0.6) is 5.75 Å². The second kappa shape index (κ2) is 3.96. The van der Waals surface area contributed by atoms with Crippen LogP contribution >= 0.6 is 0 Å². The summed E-state index contributed by atoms with van der Waals surface area (Å²) < 4.78 is 23.7. The number of nitrogens with two attached hydrogens (primary N) is 1. The molecule has 0 amide bonds. The van der Waals surface area contributed by atoms with Crippen molar-refractivity contribution >= 4 is 9.84 Å². The van der Waals surface area contributed by atoms with E-state index >= 15 is 0 Å². The van der Waals surface area contributed by atoms with Crippen molar-refractivity contribution in [1.29, 1.82) is 0 Å². The lowest BCUT2D eigenvalue weighted by molar-refractivity contribution is 0.360. The molecule has 3 N–H and O–H groups in total. The molecule has 2 rings (SSSR count). The molecule has 0 spiro atoms. The molecule has 0 aliphatic heterocycles. The highest BCUT2D eigenvalue weighted by Crippen LogP contribution is 2.39. The lowest BCUT2D eigenvalue weighted by Gasteiger charge is -2.42. The monoisotopic (exact) mass is 269 g/mol. The van der Waals surface area contributed by atoms with Gasteiger partial charge in [0.1, 0.15) is 5.75 Å². The summed E-state index contributed by atoms with van der Waals surface area (Å²) in [6, 6.07) is 4.59. The molecule has 0 fully saturated rings. The first-order valence-corrected chi connectivity index (χ1v) is 7.86. The molecule has 100 valence electrons. The third-order valence-corrected chi connectivity index (χ3v) is 5.55. The van der Waals surface area contributed by atoms with Gasteiger partial charge in [0.05, 0.1) is 5.25 Å². The fourth-order valence-corrected chi connectivity index (χ4v) is 4.10. The lowest BCUT2D eigenvalue weighted by Crippen LogP contribution is -2.56. The van der Waals surface area contributed by atoms with E-state index in [0.29, 0.717) is 6.42 Å². The molecule has 0 aromatic heterocycles. The van der Waals surface area contributed by atoms with E-state index < -0.39 is 26.5 Å². The Kier molecular flexibility index (Phi) is 2.94. The maximum Gasteiger partial charge on any atom is 0.152 e. The SMILES string of the molecule is CC1(C)c2cc(O)ccc2C[C@@H](S(C)(=O)=O)[C@H]1N. The van der Waals surface area contributed by atoms with Gasteiger partial charge in [0.15, 0.2) is 9.84 Å². The first kappa shape index (κ1) is 13.4. The average Bonchev–Trinajstić information content (AvgIpc) is 2.23. The van der Waals surface area contributed by atoms with E-state index in [9.17, 15) is 13.5 Å². The standard InChI is InChI=1S/C13H19NO3S/c1-13(2)10-7-9(15)5-4-8(10)6-11(12(13)14)18(3,16)17/h4-5,7,11-12,15H,6,14H2,1-3H3/t11-,12-/m1/s1. The molecule has 5 heteroatoms. The van der Waals surface area contributed by atoms with Crippen LogP contribution in [0.4, 0.5) is 0 Å². The number of sulfone groups is 1. The fourth-order valence-electron chi connectivity index (χ4n) is 2.75.